The summed E-state index contributed by atoms with van der Waals surface area (Å²) in [5.41, 5.74) is 4.92. The van der Waals surface area contributed by atoms with E-state index in [9.17, 15) is 12.8 Å². The smallest absolute Gasteiger partial charge is 0.242 e. The highest BCUT2D eigenvalue weighted by Gasteiger charge is 2.31. The van der Waals surface area contributed by atoms with Crippen molar-refractivity contribution in [3.8, 4) is 0 Å². The summed E-state index contributed by atoms with van der Waals surface area (Å²) in [6, 6.07) is 0.932. The van der Waals surface area contributed by atoms with Gasteiger partial charge in [-0.1, -0.05) is 13.8 Å². The topological polar surface area (TPSA) is 85.1 Å². The minimum absolute atomic E-state index is 0. The Labute approximate surface area is 119 Å². The molecule has 0 fully saturated rings. The maximum atomic E-state index is 13.0. The Morgan fingerprint density at radius 2 is 1.95 bits per heavy atom. The molecule has 0 radical (unpaired) electrons. The van der Waals surface area contributed by atoms with Gasteiger partial charge in [0, 0.05) is 18.3 Å². The minimum Gasteiger partial charge on any atom is -0.329 e. The molecule has 8 heteroatoms. The maximum Gasteiger partial charge on any atom is 0.242 e. The number of halogens is 2. The predicted octanol–water partition coefficient (Wildman–Crippen LogP) is 1.44. The Morgan fingerprint density at radius 1 is 1.37 bits per heavy atom. The van der Waals surface area contributed by atoms with Gasteiger partial charge in [0.1, 0.15) is 10.7 Å². The molecule has 5 nitrogen and oxygen atoms in total. The lowest BCUT2D eigenvalue weighted by Crippen LogP contribution is -2.52. The van der Waals surface area contributed by atoms with Crippen LogP contribution >= 0.6 is 12.4 Å². The average molecular weight is 312 g/mol. The molecule has 3 N–H and O–H groups in total. The molecule has 0 aliphatic heterocycles. The first-order valence-corrected chi connectivity index (χ1v) is 7.22. The second-order valence-electron chi connectivity index (χ2n) is 4.14. The SMILES string of the molecule is CCC(CC)(CN)NS(=O)(=O)c1cncc(F)c1.Cl. The van der Waals surface area contributed by atoms with Crippen LogP contribution in [-0.2, 0) is 10.0 Å². The number of hydrogen-bond acceptors (Lipinski definition) is 4. The van der Waals surface area contributed by atoms with Gasteiger partial charge < -0.3 is 5.73 Å². The molecule has 1 heterocycles. The predicted molar refractivity (Wildman–Crippen MR) is 74.1 cm³/mol. The fourth-order valence-electron chi connectivity index (χ4n) is 1.61. The molecule has 0 aliphatic carbocycles. The van der Waals surface area contributed by atoms with Crippen LogP contribution in [0.15, 0.2) is 23.4 Å². The van der Waals surface area contributed by atoms with Crippen molar-refractivity contribution in [2.45, 2.75) is 37.1 Å². The summed E-state index contributed by atoms with van der Waals surface area (Å²) in [6.45, 7) is 3.88. The first-order chi connectivity index (χ1) is 8.39. The summed E-state index contributed by atoms with van der Waals surface area (Å²) < 4.78 is 39.7. The summed E-state index contributed by atoms with van der Waals surface area (Å²) in [5.74, 6) is -0.691. The van der Waals surface area contributed by atoms with Gasteiger partial charge in [-0.15, -0.1) is 12.4 Å². The lowest BCUT2D eigenvalue weighted by atomic mass is 9.95. The zero-order valence-electron chi connectivity index (χ0n) is 10.9. The third-order valence-corrected chi connectivity index (χ3v) is 4.63. The van der Waals surface area contributed by atoms with Crippen LogP contribution in [0.25, 0.3) is 0 Å². The third kappa shape index (κ3) is 4.38. The molecular weight excluding hydrogens is 293 g/mol. The number of hydrogen-bond donors (Lipinski definition) is 2. The quantitative estimate of drug-likeness (QED) is 0.832. The highest BCUT2D eigenvalue weighted by molar-refractivity contribution is 7.89. The Morgan fingerprint density at radius 3 is 2.37 bits per heavy atom. The zero-order valence-corrected chi connectivity index (χ0v) is 12.5. The Kier molecular flexibility index (Phi) is 6.85. The zero-order chi connectivity index (χ0) is 13.8. The van der Waals surface area contributed by atoms with Crippen LogP contribution < -0.4 is 10.5 Å². The Hall–Kier alpha value is -0.760. The van der Waals surface area contributed by atoms with E-state index in [1.54, 1.807) is 0 Å². The Balaban J connectivity index is 0.00000324. The van der Waals surface area contributed by atoms with Gasteiger partial charge in [0.25, 0.3) is 0 Å². The number of nitrogens with zero attached hydrogens (tertiary/aromatic N) is 1. The molecule has 0 atom stereocenters. The molecule has 1 aromatic rings. The van der Waals surface area contributed by atoms with E-state index in [0.717, 1.165) is 18.5 Å². The largest absolute Gasteiger partial charge is 0.329 e. The van der Waals surface area contributed by atoms with Gasteiger partial charge in [0.15, 0.2) is 0 Å². The Bertz CT molecular complexity index is 498. The first kappa shape index (κ1) is 18.2. The highest BCUT2D eigenvalue weighted by Crippen LogP contribution is 2.18. The summed E-state index contributed by atoms with van der Waals surface area (Å²) in [4.78, 5) is 3.34. The molecule has 1 aromatic heterocycles. The molecule has 0 saturated heterocycles. The van der Waals surface area contributed by atoms with Crippen molar-refractivity contribution < 1.29 is 12.8 Å². The van der Waals surface area contributed by atoms with Crippen LogP contribution in [0, 0.1) is 5.82 Å². The van der Waals surface area contributed by atoms with Gasteiger partial charge in [-0.05, 0) is 18.9 Å². The van der Waals surface area contributed by atoms with Crippen LogP contribution in [0.3, 0.4) is 0 Å². The fraction of sp³-hybridized carbons (Fsp3) is 0.545. The maximum absolute atomic E-state index is 13.0. The normalized spacial score (nSPS) is 12.0. The monoisotopic (exact) mass is 311 g/mol. The summed E-state index contributed by atoms with van der Waals surface area (Å²) in [7, 11) is -3.81. The van der Waals surface area contributed by atoms with Gasteiger partial charge in [-0.2, -0.15) is 0 Å². The van der Waals surface area contributed by atoms with Crippen molar-refractivity contribution in [1.29, 1.82) is 0 Å². The standard InChI is InChI=1S/C11H18FN3O2S.ClH/c1-3-11(4-2,8-13)15-18(16,17)10-5-9(12)6-14-7-10;/h5-7,15H,3-4,8,13H2,1-2H3;1H. The number of nitrogens with two attached hydrogens (primary N) is 1. The number of rotatable bonds is 6. The van der Waals surface area contributed by atoms with E-state index in [4.69, 9.17) is 5.73 Å². The van der Waals surface area contributed by atoms with E-state index in [-0.39, 0.29) is 23.8 Å². The average Bonchev–Trinajstić information content (AvgIpc) is 2.36. The van der Waals surface area contributed by atoms with E-state index in [1.165, 1.54) is 0 Å². The van der Waals surface area contributed by atoms with Crippen LogP contribution in [0.4, 0.5) is 4.39 Å². The summed E-state index contributed by atoms with van der Waals surface area (Å²) in [5, 5.41) is 0. The molecule has 110 valence electrons. The van der Waals surface area contributed by atoms with Crippen LogP contribution in [0.2, 0.25) is 0 Å². The summed E-state index contributed by atoms with van der Waals surface area (Å²) in [6.07, 6.45) is 3.18. The van der Waals surface area contributed by atoms with Crippen molar-refractivity contribution in [3.05, 3.63) is 24.3 Å². The molecule has 0 unspecified atom stereocenters. The van der Waals surface area contributed by atoms with Gasteiger partial charge in [0.05, 0.1) is 6.20 Å². The van der Waals surface area contributed by atoms with E-state index >= 15 is 0 Å². The molecule has 0 amide bonds. The second kappa shape index (κ2) is 7.14. The number of nitrogens with one attached hydrogen (secondary N) is 1. The van der Waals surface area contributed by atoms with Gasteiger partial charge in [0.2, 0.25) is 10.0 Å². The van der Waals surface area contributed by atoms with E-state index in [0.29, 0.717) is 12.8 Å². The molecule has 0 spiro atoms. The second-order valence-corrected chi connectivity index (χ2v) is 5.82. The van der Waals surface area contributed by atoms with Crippen molar-refractivity contribution in [1.82, 2.24) is 9.71 Å². The third-order valence-electron chi connectivity index (χ3n) is 3.09. The van der Waals surface area contributed by atoms with Crippen LogP contribution in [0.1, 0.15) is 26.7 Å². The van der Waals surface area contributed by atoms with Crippen LogP contribution in [-0.4, -0.2) is 25.5 Å². The van der Waals surface area contributed by atoms with Crippen molar-refractivity contribution in [2.75, 3.05) is 6.54 Å². The number of pyridine rings is 1. The summed E-state index contributed by atoms with van der Waals surface area (Å²) >= 11 is 0. The van der Waals surface area contributed by atoms with Crippen molar-refractivity contribution >= 4 is 22.4 Å². The van der Waals surface area contributed by atoms with Crippen LogP contribution in [0.5, 0.6) is 0 Å². The highest BCUT2D eigenvalue weighted by atomic mass is 35.5. The van der Waals surface area contributed by atoms with Gasteiger partial charge in [-0.25, -0.2) is 17.5 Å². The van der Waals surface area contributed by atoms with E-state index in [2.05, 4.69) is 9.71 Å². The minimum atomic E-state index is -3.81. The van der Waals surface area contributed by atoms with Gasteiger partial charge in [-0.3, -0.25) is 4.98 Å². The molecular formula is C11H19ClFN3O2S. The van der Waals surface area contributed by atoms with Gasteiger partial charge >= 0.3 is 0 Å². The molecule has 0 saturated carbocycles. The molecule has 0 aliphatic rings. The molecule has 0 aromatic carbocycles. The van der Waals surface area contributed by atoms with E-state index < -0.39 is 21.4 Å². The molecule has 19 heavy (non-hydrogen) atoms. The molecule has 0 bridgehead atoms. The molecule has 1 rings (SSSR count). The first-order valence-electron chi connectivity index (χ1n) is 5.73. The van der Waals surface area contributed by atoms with Crippen molar-refractivity contribution in [2.24, 2.45) is 5.73 Å². The lowest BCUT2D eigenvalue weighted by Gasteiger charge is -2.30. The van der Waals surface area contributed by atoms with E-state index in [1.807, 2.05) is 13.8 Å². The van der Waals surface area contributed by atoms with Crippen molar-refractivity contribution in [3.63, 3.8) is 0 Å². The number of aromatic nitrogens is 1. The number of sulfonamides is 1. The lowest BCUT2D eigenvalue weighted by molar-refractivity contribution is 0.363. The fourth-order valence-corrected chi connectivity index (χ4v) is 3.14.